The van der Waals surface area contributed by atoms with Crippen LogP contribution in [0, 0.1) is 5.92 Å². The Morgan fingerprint density at radius 2 is 1.95 bits per heavy atom. The minimum absolute atomic E-state index is 0.170. The van der Waals surface area contributed by atoms with Crippen molar-refractivity contribution >= 4 is 5.91 Å². The molecule has 3 rings (SSSR count). The lowest BCUT2D eigenvalue weighted by molar-refractivity contribution is -0.139. The quantitative estimate of drug-likeness (QED) is 0.839. The zero-order valence-electron chi connectivity index (χ0n) is 12.4. The largest absolute Gasteiger partial charge is 0.389 e. The van der Waals surface area contributed by atoms with Gasteiger partial charge in [0.1, 0.15) is 0 Å². The average Bonchev–Trinajstić information content (AvgIpc) is 3.13. The van der Waals surface area contributed by atoms with Crippen LogP contribution in [0.3, 0.4) is 0 Å². The van der Waals surface area contributed by atoms with Gasteiger partial charge in [0.2, 0.25) is 5.91 Å². The minimum atomic E-state index is -0.728. The Kier molecular flexibility index (Phi) is 4.32. The highest BCUT2D eigenvalue weighted by molar-refractivity contribution is 5.78. The van der Waals surface area contributed by atoms with Crippen molar-refractivity contribution in [1.29, 1.82) is 0 Å². The second-order valence-corrected chi connectivity index (χ2v) is 6.97. The molecule has 0 aromatic carbocycles. The zero-order chi connectivity index (χ0) is 14.0. The molecule has 0 spiro atoms. The topological polar surface area (TPSA) is 49.8 Å². The minimum Gasteiger partial charge on any atom is -0.389 e. The summed E-state index contributed by atoms with van der Waals surface area (Å²) in [5.41, 5.74) is -0.728. The molecular formula is C16H27NO3. The zero-order valence-corrected chi connectivity index (χ0v) is 12.4. The Morgan fingerprint density at radius 3 is 2.55 bits per heavy atom. The van der Waals surface area contributed by atoms with Crippen LogP contribution < -0.4 is 0 Å². The van der Waals surface area contributed by atoms with Gasteiger partial charge in [-0.15, -0.1) is 0 Å². The van der Waals surface area contributed by atoms with Crippen molar-refractivity contribution in [2.45, 2.75) is 69.4 Å². The van der Waals surface area contributed by atoms with Crippen molar-refractivity contribution in [2.24, 2.45) is 5.92 Å². The number of carbonyl (C=O) groups is 1. The van der Waals surface area contributed by atoms with Gasteiger partial charge in [-0.1, -0.05) is 19.3 Å². The molecule has 4 heteroatoms. The molecule has 0 radical (unpaired) electrons. The Bertz CT molecular complexity index is 342. The van der Waals surface area contributed by atoms with Crippen molar-refractivity contribution in [3.63, 3.8) is 0 Å². The van der Waals surface area contributed by atoms with E-state index in [0.717, 1.165) is 64.7 Å². The molecule has 3 aliphatic rings. The van der Waals surface area contributed by atoms with E-state index in [0.29, 0.717) is 18.4 Å². The van der Waals surface area contributed by atoms with Crippen LogP contribution in [0.2, 0.25) is 0 Å². The van der Waals surface area contributed by atoms with Gasteiger partial charge in [0.25, 0.3) is 0 Å². The van der Waals surface area contributed by atoms with Crippen molar-refractivity contribution in [3.05, 3.63) is 0 Å². The molecule has 1 heterocycles. The number of aliphatic hydroxyl groups is 1. The van der Waals surface area contributed by atoms with Gasteiger partial charge in [0, 0.05) is 25.1 Å². The van der Waals surface area contributed by atoms with Crippen LogP contribution in [-0.4, -0.2) is 47.3 Å². The van der Waals surface area contributed by atoms with Crippen LogP contribution in [0.1, 0.15) is 57.8 Å². The number of rotatable bonds is 5. The number of carbonyl (C=O) groups excluding carboxylic acids is 1. The molecule has 3 fully saturated rings. The first-order valence-corrected chi connectivity index (χ1v) is 8.26. The van der Waals surface area contributed by atoms with Crippen LogP contribution in [0.15, 0.2) is 0 Å². The second kappa shape index (κ2) is 6.02. The highest BCUT2D eigenvalue weighted by Crippen LogP contribution is 2.34. The van der Waals surface area contributed by atoms with Gasteiger partial charge in [0.05, 0.1) is 18.6 Å². The van der Waals surface area contributed by atoms with Gasteiger partial charge >= 0.3 is 0 Å². The van der Waals surface area contributed by atoms with Crippen molar-refractivity contribution in [1.82, 2.24) is 4.90 Å². The van der Waals surface area contributed by atoms with E-state index < -0.39 is 5.60 Å². The smallest absolute Gasteiger partial charge is 0.225 e. The summed E-state index contributed by atoms with van der Waals surface area (Å²) in [5.74, 6) is 0.671. The first-order valence-electron chi connectivity index (χ1n) is 8.26. The highest BCUT2D eigenvalue weighted by Gasteiger charge is 2.39. The molecule has 1 N–H and O–H groups in total. The lowest BCUT2D eigenvalue weighted by Gasteiger charge is -2.34. The second-order valence-electron chi connectivity index (χ2n) is 6.97. The number of hydrogen-bond donors (Lipinski definition) is 1. The third-order valence-electron chi connectivity index (χ3n) is 5.05. The Hall–Kier alpha value is -0.610. The van der Waals surface area contributed by atoms with Crippen molar-refractivity contribution < 1.29 is 14.6 Å². The Morgan fingerprint density at radius 1 is 1.20 bits per heavy atom. The van der Waals surface area contributed by atoms with Crippen LogP contribution in [0.5, 0.6) is 0 Å². The molecule has 1 unspecified atom stereocenters. The fourth-order valence-electron chi connectivity index (χ4n) is 3.62. The van der Waals surface area contributed by atoms with Crippen LogP contribution in [0.25, 0.3) is 0 Å². The van der Waals surface area contributed by atoms with E-state index in [-0.39, 0.29) is 5.91 Å². The maximum absolute atomic E-state index is 12.6. The summed E-state index contributed by atoms with van der Waals surface area (Å²) in [5, 5.41) is 10.6. The molecule has 0 bridgehead atoms. The van der Waals surface area contributed by atoms with Gasteiger partial charge in [-0.25, -0.2) is 0 Å². The number of hydrogen-bond acceptors (Lipinski definition) is 3. The molecular weight excluding hydrogens is 254 g/mol. The molecule has 1 aliphatic heterocycles. The van der Waals surface area contributed by atoms with E-state index in [1.807, 2.05) is 4.90 Å². The van der Waals surface area contributed by atoms with E-state index in [4.69, 9.17) is 4.74 Å². The van der Waals surface area contributed by atoms with Gasteiger partial charge < -0.3 is 14.7 Å². The Balaban J connectivity index is 1.57. The molecule has 2 saturated carbocycles. The van der Waals surface area contributed by atoms with E-state index >= 15 is 0 Å². The summed E-state index contributed by atoms with van der Waals surface area (Å²) in [6.07, 6.45) is 8.58. The lowest BCUT2D eigenvalue weighted by atomic mass is 9.82. The number of ether oxygens (including phenoxy) is 1. The molecule has 1 saturated heterocycles. The maximum atomic E-state index is 12.6. The van der Waals surface area contributed by atoms with Crippen LogP contribution in [-0.2, 0) is 9.53 Å². The molecule has 20 heavy (non-hydrogen) atoms. The van der Waals surface area contributed by atoms with Crippen molar-refractivity contribution in [3.8, 4) is 0 Å². The SMILES string of the molecule is O=C(CC1(O)CCCCC1)N(CC1CCOC1)C1CC1. The molecule has 0 aromatic heterocycles. The highest BCUT2D eigenvalue weighted by atomic mass is 16.5. The third-order valence-corrected chi connectivity index (χ3v) is 5.05. The van der Waals surface area contributed by atoms with Gasteiger partial charge in [0.15, 0.2) is 0 Å². The van der Waals surface area contributed by atoms with Crippen LogP contribution >= 0.6 is 0 Å². The predicted molar refractivity (Wildman–Crippen MR) is 76.3 cm³/mol. The normalized spacial score (nSPS) is 29.4. The molecule has 4 nitrogen and oxygen atoms in total. The summed E-state index contributed by atoms with van der Waals surface area (Å²) in [4.78, 5) is 14.7. The maximum Gasteiger partial charge on any atom is 0.225 e. The fraction of sp³-hybridized carbons (Fsp3) is 0.938. The van der Waals surface area contributed by atoms with Gasteiger partial charge in [-0.3, -0.25) is 4.79 Å². The molecule has 1 amide bonds. The summed E-state index contributed by atoms with van der Waals surface area (Å²) >= 11 is 0. The van der Waals surface area contributed by atoms with E-state index in [2.05, 4.69) is 0 Å². The number of nitrogens with zero attached hydrogens (tertiary/aromatic N) is 1. The summed E-state index contributed by atoms with van der Waals surface area (Å²) in [6.45, 7) is 2.46. The Labute approximate surface area is 121 Å². The monoisotopic (exact) mass is 281 g/mol. The lowest BCUT2D eigenvalue weighted by Crippen LogP contribution is -2.43. The molecule has 1 atom stereocenters. The molecule has 0 aromatic rings. The third kappa shape index (κ3) is 3.53. The van der Waals surface area contributed by atoms with E-state index in [9.17, 15) is 9.90 Å². The average molecular weight is 281 g/mol. The summed E-state index contributed by atoms with van der Waals surface area (Å²) in [6, 6.07) is 0.440. The van der Waals surface area contributed by atoms with Crippen LogP contribution in [0.4, 0.5) is 0 Å². The molecule has 114 valence electrons. The van der Waals surface area contributed by atoms with E-state index in [1.165, 1.54) is 6.42 Å². The van der Waals surface area contributed by atoms with Gasteiger partial charge in [-0.2, -0.15) is 0 Å². The summed E-state index contributed by atoms with van der Waals surface area (Å²) < 4.78 is 5.42. The first-order chi connectivity index (χ1) is 9.66. The molecule has 2 aliphatic carbocycles. The van der Waals surface area contributed by atoms with Gasteiger partial charge in [-0.05, 0) is 32.1 Å². The standard InChI is InChI=1S/C16H27NO3/c18-15(10-16(19)7-2-1-3-8-16)17(14-4-5-14)11-13-6-9-20-12-13/h13-14,19H,1-12H2. The predicted octanol–water partition coefficient (Wildman–Crippen LogP) is 2.10. The number of amides is 1. The van der Waals surface area contributed by atoms with Crippen molar-refractivity contribution in [2.75, 3.05) is 19.8 Å². The fourth-order valence-corrected chi connectivity index (χ4v) is 3.62. The van der Waals surface area contributed by atoms with E-state index in [1.54, 1.807) is 0 Å². The summed E-state index contributed by atoms with van der Waals surface area (Å²) in [7, 11) is 0. The first kappa shape index (κ1) is 14.3.